The number of nitrogens with zero attached hydrogens (tertiary/aromatic N) is 1. The molecule has 0 spiro atoms. The monoisotopic (exact) mass is 374 g/mol. The molecule has 2 heterocycles. The molecule has 1 fully saturated rings. The van der Waals surface area contributed by atoms with Gasteiger partial charge in [-0.15, -0.1) is 11.8 Å². The summed E-state index contributed by atoms with van der Waals surface area (Å²) in [5.41, 5.74) is 2.53. The Morgan fingerprint density at radius 2 is 2.08 bits per heavy atom. The summed E-state index contributed by atoms with van der Waals surface area (Å²) < 4.78 is 10.2. The first-order chi connectivity index (χ1) is 12.6. The van der Waals surface area contributed by atoms with Crippen molar-refractivity contribution in [1.82, 2.24) is 10.2 Å². The molecule has 26 heavy (non-hydrogen) atoms. The highest BCUT2D eigenvalue weighted by Crippen LogP contribution is 2.42. The van der Waals surface area contributed by atoms with E-state index in [1.165, 1.54) is 0 Å². The molecule has 0 radical (unpaired) electrons. The lowest BCUT2D eigenvalue weighted by Crippen LogP contribution is -2.48. The van der Waals surface area contributed by atoms with Crippen LogP contribution in [0.25, 0.3) is 0 Å². The zero-order valence-electron chi connectivity index (χ0n) is 14.8. The van der Waals surface area contributed by atoms with Gasteiger partial charge in [-0.05, 0) is 25.1 Å². The Morgan fingerprint density at radius 1 is 1.31 bits per heavy atom. The molecule has 138 valence electrons. The van der Waals surface area contributed by atoms with E-state index in [2.05, 4.69) is 5.32 Å². The van der Waals surface area contributed by atoms with Crippen molar-refractivity contribution in [1.29, 1.82) is 0 Å². The molecule has 0 aliphatic carbocycles. The third-order valence-corrected chi connectivity index (χ3v) is 5.59. The Balaban J connectivity index is 1.85. The summed E-state index contributed by atoms with van der Waals surface area (Å²) in [6.07, 6.45) is 3.20. The lowest BCUT2D eigenvalue weighted by molar-refractivity contribution is -0.125. The van der Waals surface area contributed by atoms with Crippen LogP contribution in [0.2, 0.25) is 0 Å². The maximum atomic E-state index is 13.2. The van der Waals surface area contributed by atoms with Crippen molar-refractivity contribution in [2.75, 3.05) is 26.0 Å². The van der Waals surface area contributed by atoms with E-state index < -0.39 is 6.04 Å². The van der Waals surface area contributed by atoms with Crippen LogP contribution in [-0.4, -0.2) is 48.8 Å². The molecule has 0 bridgehead atoms. The molecule has 6 nitrogen and oxygen atoms in total. The van der Waals surface area contributed by atoms with Crippen LogP contribution in [0.15, 0.2) is 47.3 Å². The molecule has 1 aliphatic rings. The second kappa shape index (κ2) is 8.42. The van der Waals surface area contributed by atoms with Crippen LogP contribution in [0.3, 0.4) is 0 Å². The summed E-state index contributed by atoms with van der Waals surface area (Å²) in [7, 11) is 1.58. The molecular weight excluding hydrogens is 352 g/mol. The normalized spacial score (nSPS) is 19.5. The van der Waals surface area contributed by atoms with Crippen molar-refractivity contribution in [3.05, 3.63) is 59.5 Å². The summed E-state index contributed by atoms with van der Waals surface area (Å²) in [4.78, 5) is 27.5. The zero-order valence-corrected chi connectivity index (χ0v) is 15.6. The van der Waals surface area contributed by atoms with Crippen molar-refractivity contribution in [2.24, 2.45) is 0 Å². The fraction of sp³-hybridized carbons (Fsp3) is 0.368. The Kier molecular flexibility index (Phi) is 6.00. The molecule has 2 atom stereocenters. The van der Waals surface area contributed by atoms with E-state index in [1.54, 1.807) is 48.4 Å². The van der Waals surface area contributed by atoms with Crippen LogP contribution < -0.4 is 5.32 Å². The highest BCUT2D eigenvalue weighted by atomic mass is 32.2. The Bertz CT molecular complexity index is 745. The minimum Gasteiger partial charge on any atom is -0.472 e. The number of benzene rings is 1. The van der Waals surface area contributed by atoms with Crippen LogP contribution >= 0.6 is 11.8 Å². The van der Waals surface area contributed by atoms with Gasteiger partial charge in [-0.2, -0.15) is 0 Å². The molecule has 2 unspecified atom stereocenters. The van der Waals surface area contributed by atoms with E-state index in [9.17, 15) is 9.59 Å². The third-order valence-electron chi connectivity index (χ3n) is 4.27. The minimum atomic E-state index is -0.537. The summed E-state index contributed by atoms with van der Waals surface area (Å²) in [5.74, 6) is 0.209. The number of carbonyl (C=O) groups excluding carboxylic acids is 2. The van der Waals surface area contributed by atoms with Gasteiger partial charge in [0.2, 0.25) is 5.91 Å². The van der Waals surface area contributed by atoms with Crippen LogP contribution in [0.4, 0.5) is 0 Å². The molecule has 1 aromatic carbocycles. The smallest absolute Gasteiger partial charge is 0.255 e. The number of rotatable bonds is 6. The number of furan rings is 1. The molecule has 1 saturated heterocycles. The Morgan fingerprint density at radius 3 is 2.73 bits per heavy atom. The number of aryl methyl sites for hydroxylation is 1. The van der Waals surface area contributed by atoms with Gasteiger partial charge in [0, 0.05) is 30.5 Å². The molecule has 7 heteroatoms. The minimum absolute atomic E-state index is 0.159. The number of ether oxygens (including phenoxy) is 1. The average molecular weight is 374 g/mol. The highest BCUT2D eigenvalue weighted by Gasteiger charge is 2.42. The number of carbonyl (C=O) groups is 2. The SMILES string of the molecule is COCCNC(=O)C1CSC(c2ccoc2)N1C(=O)c1ccc(C)cc1. The highest BCUT2D eigenvalue weighted by molar-refractivity contribution is 7.99. The van der Waals surface area contributed by atoms with Crippen LogP contribution in [0.5, 0.6) is 0 Å². The van der Waals surface area contributed by atoms with E-state index >= 15 is 0 Å². The number of hydrogen-bond acceptors (Lipinski definition) is 5. The van der Waals surface area contributed by atoms with Gasteiger partial charge in [-0.3, -0.25) is 9.59 Å². The van der Waals surface area contributed by atoms with E-state index in [4.69, 9.17) is 9.15 Å². The van der Waals surface area contributed by atoms with E-state index in [0.29, 0.717) is 24.5 Å². The first kappa shape index (κ1) is 18.5. The molecule has 3 rings (SSSR count). The topological polar surface area (TPSA) is 71.8 Å². The van der Waals surface area contributed by atoms with Crippen molar-refractivity contribution in [3.63, 3.8) is 0 Å². The van der Waals surface area contributed by atoms with Gasteiger partial charge in [-0.1, -0.05) is 17.7 Å². The molecular formula is C19H22N2O4S. The van der Waals surface area contributed by atoms with Gasteiger partial charge < -0.3 is 19.4 Å². The van der Waals surface area contributed by atoms with Gasteiger partial charge in [0.15, 0.2) is 0 Å². The van der Waals surface area contributed by atoms with Crippen LogP contribution in [0, 0.1) is 6.92 Å². The Labute approximate surface area is 156 Å². The number of amides is 2. The fourth-order valence-corrected chi connectivity index (χ4v) is 4.27. The zero-order chi connectivity index (χ0) is 18.5. The van der Waals surface area contributed by atoms with E-state index in [-0.39, 0.29) is 17.2 Å². The molecule has 2 aromatic rings. The molecule has 1 aromatic heterocycles. The predicted molar refractivity (Wildman–Crippen MR) is 99.9 cm³/mol. The molecule has 1 aliphatic heterocycles. The average Bonchev–Trinajstić information content (AvgIpc) is 3.31. The van der Waals surface area contributed by atoms with E-state index in [1.807, 2.05) is 25.1 Å². The maximum absolute atomic E-state index is 13.2. The molecule has 1 N–H and O–H groups in total. The van der Waals surface area contributed by atoms with Crippen molar-refractivity contribution < 1.29 is 18.7 Å². The fourth-order valence-electron chi connectivity index (χ4n) is 2.87. The lowest BCUT2D eigenvalue weighted by atomic mass is 10.1. The van der Waals surface area contributed by atoms with Crippen LogP contribution in [0.1, 0.15) is 26.9 Å². The van der Waals surface area contributed by atoms with Crippen molar-refractivity contribution >= 4 is 23.6 Å². The standard InChI is InChI=1S/C19H22N2O4S/c1-13-3-5-14(6-4-13)18(23)21-16(17(22)20-8-10-24-2)12-26-19(21)15-7-9-25-11-15/h3-7,9,11,16,19H,8,10,12H2,1-2H3,(H,20,22). The van der Waals surface area contributed by atoms with E-state index in [0.717, 1.165) is 11.1 Å². The number of nitrogens with one attached hydrogen (secondary N) is 1. The van der Waals surface area contributed by atoms with Gasteiger partial charge in [-0.25, -0.2) is 0 Å². The molecule has 0 saturated carbocycles. The van der Waals surface area contributed by atoms with Crippen molar-refractivity contribution in [2.45, 2.75) is 18.3 Å². The third kappa shape index (κ3) is 3.94. The maximum Gasteiger partial charge on any atom is 0.255 e. The second-order valence-electron chi connectivity index (χ2n) is 6.12. The summed E-state index contributed by atoms with van der Waals surface area (Å²) >= 11 is 1.56. The van der Waals surface area contributed by atoms with Gasteiger partial charge in [0.1, 0.15) is 11.4 Å². The predicted octanol–water partition coefficient (Wildman–Crippen LogP) is 2.61. The first-order valence-electron chi connectivity index (χ1n) is 8.41. The van der Waals surface area contributed by atoms with Gasteiger partial charge in [0.05, 0.1) is 19.1 Å². The largest absolute Gasteiger partial charge is 0.472 e. The summed E-state index contributed by atoms with van der Waals surface area (Å²) in [5, 5.41) is 2.59. The number of hydrogen-bond donors (Lipinski definition) is 1. The second-order valence-corrected chi connectivity index (χ2v) is 7.23. The summed E-state index contributed by atoms with van der Waals surface area (Å²) in [6.45, 7) is 2.82. The number of methoxy groups -OCH3 is 1. The lowest BCUT2D eigenvalue weighted by Gasteiger charge is -2.28. The number of thioether (sulfide) groups is 1. The van der Waals surface area contributed by atoms with Crippen LogP contribution in [-0.2, 0) is 9.53 Å². The summed E-state index contributed by atoms with van der Waals surface area (Å²) in [6, 6.07) is 8.69. The molecule has 2 amide bonds. The first-order valence-corrected chi connectivity index (χ1v) is 9.46. The van der Waals surface area contributed by atoms with Gasteiger partial charge in [0.25, 0.3) is 5.91 Å². The van der Waals surface area contributed by atoms with Crippen molar-refractivity contribution in [3.8, 4) is 0 Å². The quantitative estimate of drug-likeness (QED) is 0.787. The Hall–Kier alpha value is -2.25. The van der Waals surface area contributed by atoms with Gasteiger partial charge >= 0.3 is 0 Å².